The van der Waals surface area contributed by atoms with Crippen LogP contribution < -0.4 is 0 Å². The monoisotopic (exact) mass is 897 g/mol. The summed E-state index contributed by atoms with van der Waals surface area (Å²) in [7, 11) is 1.46. The first-order valence-electron chi connectivity index (χ1n) is 25.7. The van der Waals surface area contributed by atoms with Crippen molar-refractivity contribution in [2.24, 2.45) is 0 Å². The summed E-state index contributed by atoms with van der Waals surface area (Å²) in [6.07, 6.45) is 51.1. The molecule has 0 aromatic heterocycles. The zero-order chi connectivity index (χ0) is 45.7. The van der Waals surface area contributed by atoms with Crippen molar-refractivity contribution in [2.75, 3.05) is 47.5 Å². The Balaban J connectivity index is 4.26. The number of carbonyl (C=O) groups is 2. The molecule has 0 aliphatic rings. The summed E-state index contributed by atoms with van der Waals surface area (Å²) in [6, 6.07) is 0. The molecule has 0 amide bonds. The highest BCUT2D eigenvalue weighted by atomic mass is 31.2. The number of unbranched alkanes of at least 4 members (excludes halogenated alkanes) is 29. The molecule has 0 aliphatic carbocycles. The maximum atomic E-state index is 12.7. The van der Waals surface area contributed by atoms with Crippen molar-refractivity contribution in [3.63, 3.8) is 0 Å². The first-order chi connectivity index (χ1) is 30.0. The third kappa shape index (κ3) is 47.7. The number of phosphoric ester groups is 1. The van der Waals surface area contributed by atoms with E-state index in [1.165, 1.54) is 154 Å². The van der Waals surface area contributed by atoms with Gasteiger partial charge in [-0.15, -0.1) is 6.58 Å². The third-order valence-corrected chi connectivity index (χ3v) is 12.3. The van der Waals surface area contributed by atoms with Crippen LogP contribution in [-0.4, -0.2) is 74.9 Å². The number of allylic oxidation sites excluding steroid dienone is 5. The van der Waals surface area contributed by atoms with Gasteiger partial charge in [0.2, 0.25) is 0 Å². The Kier molecular flexibility index (Phi) is 43.2. The maximum Gasteiger partial charge on any atom is 0.472 e. The lowest BCUT2D eigenvalue weighted by Gasteiger charge is -2.24. The van der Waals surface area contributed by atoms with Crippen LogP contribution in [0.1, 0.15) is 232 Å². The van der Waals surface area contributed by atoms with Crippen molar-refractivity contribution < 1.29 is 42.1 Å². The number of carbonyl (C=O) groups excluding carboxylic acids is 2. The number of nitrogens with zero attached hydrogens (tertiary/aromatic N) is 1. The van der Waals surface area contributed by atoms with E-state index in [0.717, 1.165) is 51.4 Å². The van der Waals surface area contributed by atoms with Crippen molar-refractivity contribution in [1.82, 2.24) is 0 Å². The number of likely N-dealkylation sites (N-methyl/N-ethyl adjacent to an activating group) is 1. The summed E-state index contributed by atoms with van der Waals surface area (Å²) < 4.78 is 34.4. The molecule has 0 spiro atoms. The molecule has 2 atom stereocenters. The van der Waals surface area contributed by atoms with E-state index in [0.29, 0.717) is 17.4 Å². The molecule has 0 rings (SSSR count). The van der Waals surface area contributed by atoms with Crippen LogP contribution in [0.2, 0.25) is 0 Å². The summed E-state index contributed by atoms with van der Waals surface area (Å²) >= 11 is 0. The molecular formula is C52H99NO8P+. The standard InChI is InChI=1S/C52H98NO8P/c1-6-8-10-12-14-16-18-20-22-23-24-25-26-27-28-29-31-33-35-37-39-41-43-45-52(55)61-50(49-60-62(56,57)59-47-46-53(3,4)5)48-58-51(54)44-42-40-38-36-34-32-30-21-19-17-15-13-11-9-7-2/h7,29,31,37,39,50H,2,6,8-28,30,32-36,38,40-49H2,1,3-5H3/p+1/b31-29+,39-37+/t50-/m1/s1. The number of hydrogen-bond acceptors (Lipinski definition) is 7. The minimum atomic E-state index is -4.39. The molecule has 0 radical (unpaired) electrons. The second-order valence-electron chi connectivity index (χ2n) is 18.6. The van der Waals surface area contributed by atoms with Crippen molar-refractivity contribution >= 4 is 19.8 Å². The molecular weight excluding hydrogens is 798 g/mol. The summed E-state index contributed by atoms with van der Waals surface area (Å²) in [4.78, 5) is 35.5. The molecule has 62 heavy (non-hydrogen) atoms. The fourth-order valence-corrected chi connectivity index (χ4v) is 7.99. The summed E-state index contributed by atoms with van der Waals surface area (Å²) in [5.74, 6) is -0.843. The second kappa shape index (κ2) is 44.4. The molecule has 1 unspecified atom stereocenters. The van der Waals surface area contributed by atoms with Gasteiger partial charge in [0.25, 0.3) is 0 Å². The third-order valence-electron chi connectivity index (χ3n) is 11.3. The van der Waals surface area contributed by atoms with E-state index in [2.05, 4.69) is 37.8 Å². The number of hydrogen-bond donors (Lipinski definition) is 1. The van der Waals surface area contributed by atoms with Crippen LogP contribution in [0.25, 0.3) is 0 Å². The average Bonchev–Trinajstić information content (AvgIpc) is 3.23. The minimum Gasteiger partial charge on any atom is -0.462 e. The summed E-state index contributed by atoms with van der Waals surface area (Å²) in [5, 5.41) is 0. The molecule has 9 nitrogen and oxygen atoms in total. The number of phosphoric acid groups is 1. The molecule has 0 heterocycles. The Hall–Kier alpha value is -1.77. The van der Waals surface area contributed by atoms with E-state index in [9.17, 15) is 19.0 Å². The van der Waals surface area contributed by atoms with Crippen LogP contribution in [0.15, 0.2) is 37.0 Å². The Bertz CT molecular complexity index is 1140. The first-order valence-corrected chi connectivity index (χ1v) is 27.2. The Morgan fingerprint density at radius 2 is 0.935 bits per heavy atom. The number of ether oxygens (including phenoxy) is 2. The number of rotatable bonds is 48. The topological polar surface area (TPSA) is 108 Å². The molecule has 0 aromatic carbocycles. The highest BCUT2D eigenvalue weighted by molar-refractivity contribution is 7.47. The second-order valence-corrected chi connectivity index (χ2v) is 20.1. The molecule has 0 saturated carbocycles. The lowest BCUT2D eigenvalue weighted by Crippen LogP contribution is -2.37. The fourth-order valence-electron chi connectivity index (χ4n) is 7.25. The van der Waals surface area contributed by atoms with E-state index < -0.39 is 26.5 Å². The predicted octanol–water partition coefficient (Wildman–Crippen LogP) is 15.3. The highest BCUT2D eigenvalue weighted by Gasteiger charge is 2.27. The quantitative estimate of drug-likeness (QED) is 0.0211. The van der Waals surface area contributed by atoms with E-state index in [1.54, 1.807) is 0 Å². The van der Waals surface area contributed by atoms with E-state index in [4.69, 9.17) is 18.5 Å². The van der Waals surface area contributed by atoms with Crippen LogP contribution in [0.3, 0.4) is 0 Å². The van der Waals surface area contributed by atoms with Gasteiger partial charge in [0.15, 0.2) is 6.10 Å². The summed E-state index contributed by atoms with van der Waals surface area (Å²) in [6.45, 7) is 5.93. The Labute approximate surface area is 382 Å². The fraction of sp³-hybridized carbons (Fsp3) is 0.846. The van der Waals surface area contributed by atoms with Gasteiger partial charge in [-0.05, 0) is 57.8 Å². The van der Waals surface area contributed by atoms with E-state index in [-0.39, 0.29) is 32.0 Å². The van der Waals surface area contributed by atoms with Crippen LogP contribution in [0, 0.1) is 0 Å². The van der Waals surface area contributed by atoms with Crippen molar-refractivity contribution in [1.29, 1.82) is 0 Å². The molecule has 10 heteroatoms. The van der Waals surface area contributed by atoms with Crippen molar-refractivity contribution in [3.8, 4) is 0 Å². The predicted molar refractivity (Wildman–Crippen MR) is 261 cm³/mol. The minimum absolute atomic E-state index is 0.0248. The van der Waals surface area contributed by atoms with Gasteiger partial charge in [0.05, 0.1) is 27.7 Å². The van der Waals surface area contributed by atoms with Gasteiger partial charge in [0, 0.05) is 12.8 Å². The molecule has 0 aliphatic heterocycles. The van der Waals surface area contributed by atoms with Gasteiger partial charge in [-0.1, -0.05) is 191 Å². The van der Waals surface area contributed by atoms with Gasteiger partial charge in [-0.25, -0.2) is 4.57 Å². The molecule has 0 bridgehead atoms. The maximum absolute atomic E-state index is 12.7. The molecule has 364 valence electrons. The van der Waals surface area contributed by atoms with Gasteiger partial charge in [0.1, 0.15) is 19.8 Å². The highest BCUT2D eigenvalue weighted by Crippen LogP contribution is 2.43. The van der Waals surface area contributed by atoms with Gasteiger partial charge in [-0.2, -0.15) is 0 Å². The Morgan fingerprint density at radius 3 is 1.40 bits per heavy atom. The lowest BCUT2D eigenvalue weighted by molar-refractivity contribution is -0.870. The summed E-state index contributed by atoms with van der Waals surface area (Å²) in [5.41, 5.74) is 0. The van der Waals surface area contributed by atoms with Crippen LogP contribution >= 0.6 is 7.82 Å². The number of quaternary nitrogens is 1. The SMILES string of the molecule is C=CCCCCCCCCCCCCCCCC(=O)OC[C@H](COP(=O)(O)OCC[N+](C)(C)C)OC(=O)CCC/C=C/CC/C=C/CCCCCCCCCCCCCCCC. The molecule has 0 saturated heterocycles. The molecule has 0 fully saturated rings. The first kappa shape index (κ1) is 60.2. The van der Waals surface area contributed by atoms with Gasteiger partial charge in [-0.3, -0.25) is 18.6 Å². The average molecular weight is 897 g/mol. The van der Waals surface area contributed by atoms with E-state index in [1.807, 2.05) is 27.2 Å². The zero-order valence-electron chi connectivity index (χ0n) is 40.9. The van der Waals surface area contributed by atoms with Crippen molar-refractivity contribution in [3.05, 3.63) is 37.0 Å². The normalized spacial score (nSPS) is 13.5. The zero-order valence-corrected chi connectivity index (χ0v) is 41.8. The molecule has 1 N–H and O–H groups in total. The largest absolute Gasteiger partial charge is 0.472 e. The Morgan fingerprint density at radius 1 is 0.532 bits per heavy atom. The van der Waals surface area contributed by atoms with Crippen LogP contribution in [-0.2, 0) is 32.7 Å². The lowest BCUT2D eigenvalue weighted by atomic mass is 10.0. The van der Waals surface area contributed by atoms with Crippen LogP contribution in [0.4, 0.5) is 0 Å². The number of esters is 2. The smallest absolute Gasteiger partial charge is 0.462 e. The van der Waals surface area contributed by atoms with Gasteiger partial charge < -0.3 is 18.9 Å². The van der Waals surface area contributed by atoms with Crippen molar-refractivity contribution in [2.45, 2.75) is 238 Å². The van der Waals surface area contributed by atoms with Gasteiger partial charge >= 0.3 is 19.8 Å². The van der Waals surface area contributed by atoms with E-state index >= 15 is 0 Å². The molecule has 0 aromatic rings. The van der Waals surface area contributed by atoms with Crippen LogP contribution in [0.5, 0.6) is 0 Å².